The van der Waals surface area contributed by atoms with Gasteiger partial charge < -0.3 is 9.73 Å². The highest BCUT2D eigenvalue weighted by Gasteiger charge is 2.26. The molecule has 1 aromatic carbocycles. The first-order valence-corrected chi connectivity index (χ1v) is 9.27. The number of amides is 1. The molecule has 0 bridgehead atoms. The molecular weight excluding hydrogens is 339 g/mol. The summed E-state index contributed by atoms with van der Waals surface area (Å²) in [7, 11) is 0. The topological polar surface area (TPSA) is 45.5 Å². The summed E-state index contributed by atoms with van der Waals surface area (Å²) in [5.41, 5.74) is 0. The van der Waals surface area contributed by atoms with Gasteiger partial charge in [-0.3, -0.25) is 9.69 Å². The van der Waals surface area contributed by atoms with Crippen LogP contribution in [0.1, 0.15) is 34.3 Å². The number of hydrogen-bond donors (Lipinski definition) is 1. The van der Waals surface area contributed by atoms with Gasteiger partial charge in [0.05, 0.1) is 17.2 Å². The monoisotopic (exact) mass is 358 g/mol. The van der Waals surface area contributed by atoms with E-state index in [1.807, 2.05) is 12.1 Å². The lowest BCUT2D eigenvalue weighted by atomic mass is 10.2. The van der Waals surface area contributed by atoms with E-state index in [-0.39, 0.29) is 17.8 Å². The fourth-order valence-corrected chi connectivity index (χ4v) is 4.31. The van der Waals surface area contributed by atoms with Crippen molar-refractivity contribution < 1.29 is 13.6 Å². The number of hydrogen-bond acceptors (Lipinski definition) is 4. The predicted octanol–water partition coefficient (Wildman–Crippen LogP) is 4.20. The zero-order valence-electron chi connectivity index (χ0n) is 13.7. The van der Waals surface area contributed by atoms with Crippen LogP contribution in [0.25, 0.3) is 10.1 Å². The van der Waals surface area contributed by atoms with Crippen molar-refractivity contribution in [2.45, 2.75) is 18.9 Å². The Balaban J connectivity index is 1.48. The van der Waals surface area contributed by atoms with E-state index in [9.17, 15) is 9.18 Å². The molecule has 0 spiro atoms. The summed E-state index contributed by atoms with van der Waals surface area (Å²) in [5, 5.41) is 3.78. The van der Waals surface area contributed by atoms with Crippen molar-refractivity contribution >= 4 is 27.3 Å². The lowest BCUT2D eigenvalue weighted by molar-refractivity contribution is 0.0938. The zero-order valence-corrected chi connectivity index (χ0v) is 14.5. The molecule has 130 valence electrons. The molecule has 1 atom stereocenters. The molecule has 0 radical (unpaired) electrons. The Hall–Kier alpha value is -2.18. The fraction of sp³-hybridized carbons (Fsp3) is 0.316. The quantitative estimate of drug-likeness (QED) is 0.743. The van der Waals surface area contributed by atoms with E-state index in [2.05, 4.69) is 10.2 Å². The first-order valence-electron chi connectivity index (χ1n) is 8.45. The minimum atomic E-state index is -0.288. The van der Waals surface area contributed by atoms with Gasteiger partial charge in [0.1, 0.15) is 11.6 Å². The van der Waals surface area contributed by atoms with Gasteiger partial charge in [0.25, 0.3) is 5.91 Å². The molecule has 4 nitrogen and oxygen atoms in total. The third-order valence-corrected chi connectivity index (χ3v) is 5.73. The van der Waals surface area contributed by atoms with Crippen molar-refractivity contribution in [3.05, 3.63) is 59.1 Å². The zero-order chi connectivity index (χ0) is 17.2. The third kappa shape index (κ3) is 3.45. The minimum absolute atomic E-state index is 0.0493. The Bertz CT molecular complexity index is 869. The van der Waals surface area contributed by atoms with Gasteiger partial charge in [-0.25, -0.2) is 4.39 Å². The molecule has 4 rings (SSSR count). The number of fused-ring (bicyclic) bond motifs is 1. The number of carbonyl (C=O) groups is 1. The van der Waals surface area contributed by atoms with E-state index in [4.69, 9.17) is 4.42 Å². The first kappa shape index (κ1) is 16.3. The van der Waals surface area contributed by atoms with E-state index in [1.165, 1.54) is 36.3 Å². The van der Waals surface area contributed by atoms with Crippen molar-refractivity contribution in [2.24, 2.45) is 0 Å². The number of carbonyl (C=O) groups excluding carboxylic acids is 1. The van der Waals surface area contributed by atoms with Crippen LogP contribution in [0.2, 0.25) is 0 Å². The number of nitrogens with one attached hydrogen (secondary N) is 1. The number of rotatable bonds is 5. The molecule has 0 aliphatic carbocycles. The number of thiophene rings is 1. The molecule has 1 fully saturated rings. The van der Waals surface area contributed by atoms with Crippen LogP contribution < -0.4 is 5.32 Å². The highest BCUT2D eigenvalue weighted by atomic mass is 32.1. The molecule has 3 heterocycles. The molecule has 1 saturated heterocycles. The van der Waals surface area contributed by atoms with Gasteiger partial charge in [0.2, 0.25) is 0 Å². The Morgan fingerprint density at radius 2 is 2.12 bits per heavy atom. The molecule has 3 aromatic rings. The molecule has 25 heavy (non-hydrogen) atoms. The molecule has 0 saturated carbocycles. The van der Waals surface area contributed by atoms with Crippen molar-refractivity contribution in [1.82, 2.24) is 10.2 Å². The lowest BCUT2D eigenvalue weighted by Gasteiger charge is -2.25. The maximum atomic E-state index is 13.3. The predicted molar refractivity (Wildman–Crippen MR) is 96.4 cm³/mol. The number of benzene rings is 1. The number of likely N-dealkylation sites (tertiary alicyclic amines) is 1. The van der Waals surface area contributed by atoms with E-state index < -0.39 is 0 Å². The minimum Gasteiger partial charge on any atom is -0.468 e. The Morgan fingerprint density at radius 1 is 1.28 bits per heavy atom. The summed E-state index contributed by atoms with van der Waals surface area (Å²) in [6.45, 7) is 2.53. The second-order valence-corrected chi connectivity index (χ2v) is 7.36. The van der Waals surface area contributed by atoms with Crippen molar-refractivity contribution in [3.8, 4) is 0 Å². The summed E-state index contributed by atoms with van der Waals surface area (Å²) in [5.74, 6) is 0.460. The van der Waals surface area contributed by atoms with Crippen LogP contribution in [0.3, 0.4) is 0 Å². The second kappa shape index (κ2) is 6.98. The lowest BCUT2D eigenvalue weighted by Crippen LogP contribution is -2.36. The smallest absolute Gasteiger partial charge is 0.261 e. The average molecular weight is 358 g/mol. The molecule has 1 N–H and O–H groups in total. The third-order valence-electron chi connectivity index (χ3n) is 4.61. The van der Waals surface area contributed by atoms with E-state index in [0.717, 1.165) is 28.9 Å². The standard InChI is InChI=1S/C19H19FN2O2S/c20-14-5-6-17-13(10-14)11-18(25-17)19(23)21-12-15(16-4-3-9-24-16)22-7-1-2-8-22/h3-6,9-11,15H,1-2,7-8,12H2,(H,21,23)/t15-/m1/s1. The first-order chi connectivity index (χ1) is 12.2. The van der Waals surface area contributed by atoms with Crippen LogP contribution in [-0.2, 0) is 0 Å². The Labute approximate surface area is 149 Å². The maximum absolute atomic E-state index is 13.3. The van der Waals surface area contributed by atoms with Crippen LogP contribution in [0.5, 0.6) is 0 Å². The fourth-order valence-electron chi connectivity index (χ4n) is 3.35. The molecular formula is C19H19FN2O2S. The normalized spacial score (nSPS) is 16.4. The molecule has 1 amide bonds. The van der Waals surface area contributed by atoms with Crippen molar-refractivity contribution in [1.29, 1.82) is 0 Å². The van der Waals surface area contributed by atoms with Crippen molar-refractivity contribution in [3.63, 3.8) is 0 Å². The average Bonchev–Trinajstić information content (AvgIpc) is 3.36. The number of halogens is 1. The second-order valence-electron chi connectivity index (χ2n) is 6.28. The van der Waals surface area contributed by atoms with Crippen LogP contribution in [-0.4, -0.2) is 30.4 Å². The molecule has 1 aliphatic heterocycles. The summed E-state index contributed by atoms with van der Waals surface area (Å²) >= 11 is 1.38. The summed E-state index contributed by atoms with van der Waals surface area (Å²) < 4.78 is 19.8. The van der Waals surface area contributed by atoms with Gasteiger partial charge in [0, 0.05) is 11.2 Å². The van der Waals surface area contributed by atoms with E-state index in [1.54, 1.807) is 18.4 Å². The highest BCUT2D eigenvalue weighted by molar-refractivity contribution is 7.20. The maximum Gasteiger partial charge on any atom is 0.261 e. The van der Waals surface area contributed by atoms with Crippen LogP contribution in [0.4, 0.5) is 4.39 Å². The van der Waals surface area contributed by atoms with Gasteiger partial charge in [-0.1, -0.05) is 0 Å². The molecule has 6 heteroatoms. The Morgan fingerprint density at radius 3 is 2.88 bits per heavy atom. The highest BCUT2D eigenvalue weighted by Crippen LogP contribution is 2.27. The van der Waals surface area contributed by atoms with E-state index >= 15 is 0 Å². The van der Waals surface area contributed by atoms with Crippen molar-refractivity contribution in [2.75, 3.05) is 19.6 Å². The molecule has 1 aliphatic rings. The van der Waals surface area contributed by atoms with Crippen LogP contribution in [0, 0.1) is 5.82 Å². The Kier molecular flexibility index (Phi) is 4.55. The van der Waals surface area contributed by atoms with E-state index in [0.29, 0.717) is 11.4 Å². The van der Waals surface area contributed by atoms with Gasteiger partial charge in [0.15, 0.2) is 0 Å². The van der Waals surface area contributed by atoms with Gasteiger partial charge in [-0.2, -0.15) is 0 Å². The summed E-state index contributed by atoms with van der Waals surface area (Å²) in [4.78, 5) is 15.5. The number of nitrogens with zero attached hydrogens (tertiary/aromatic N) is 1. The molecule has 2 aromatic heterocycles. The molecule has 0 unspecified atom stereocenters. The van der Waals surface area contributed by atoms with Crippen LogP contribution in [0.15, 0.2) is 47.1 Å². The van der Waals surface area contributed by atoms with Gasteiger partial charge >= 0.3 is 0 Å². The SMILES string of the molecule is O=C(NC[C@H](c1ccco1)N1CCCC1)c1cc2cc(F)ccc2s1. The van der Waals surface area contributed by atoms with Gasteiger partial charge in [-0.05, 0) is 67.7 Å². The van der Waals surface area contributed by atoms with Gasteiger partial charge in [-0.15, -0.1) is 11.3 Å². The number of furan rings is 1. The summed E-state index contributed by atoms with van der Waals surface area (Å²) in [6.07, 6.45) is 4.01. The van der Waals surface area contributed by atoms with Crippen LogP contribution >= 0.6 is 11.3 Å². The largest absolute Gasteiger partial charge is 0.468 e. The summed E-state index contributed by atoms with van der Waals surface area (Å²) in [6, 6.07) is 10.2.